The number of carbonyl (C=O) groups excluding carboxylic acids is 1. The third-order valence-electron chi connectivity index (χ3n) is 1.79. The van der Waals surface area contributed by atoms with Gasteiger partial charge >= 0.3 is 5.97 Å². The van der Waals surface area contributed by atoms with E-state index in [4.69, 9.17) is 4.74 Å². The Morgan fingerprint density at radius 3 is 3.21 bits per heavy atom. The monoisotopic (exact) mass is 208 g/mol. The molecular formula is C9H8N2O2S. The minimum absolute atomic E-state index is 0.278. The fourth-order valence-corrected chi connectivity index (χ4v) is 1.81. The molecule has 1 heterocycles. The fourth-order valence-electron chi connectivity index (χ4n) is 1.15. The lowest BCUT2D eigenvalue weighted by molar-refractivity contribution is -0.142. The average molecular weight is 208 g/mol. The van der Waals surface area contributed by atoms with Gasteiger partial charge in [0, 0.05) is 12.5 Å². The number of esters is 1. The highest BCUT2D eigenvalue weighted by Crippen LogP contribution is 2.20. The third-order valence-corrected chi connectivity index (χ3v) is 2.60. The summed E-state index contributed by atoms with van der Waals surface area (Å²) in [6.07, 6.45) is 0. The lowest BCUT2D eigenvalue weighted by atomic mass is 10.2. The normalized spacial score (nSPS) is 10.4. The molecule has 5 heteroatoms. The van der Waals surface area contributed by atoms with Crippen LogP contribution < -0.4 is 0 Å². The van der Waals surface area contributed by atoms with Gasteiger partial charge in [-0.1, -0.05) is 16.6 Å². The summed E-state index contributed by atoms with van der Waals surface area (Å²) < 4.78 is 9.74. The summed E-state index contributed by atoms with van der Waals surface area (Å²) in [5.41, 5.74) is 1.80. The summed E-state index contributed by atoms with van der Waals surface area (Å²) in [5, 5.41) is 3.93. The van der Waals surface area contributed by atoms with Crippen molar-refractivity contribution in [3.63, 3.8) is 0 Å². The van der Waals surface area contributed by atoms with Gasteiger partial charge < -0.3 is 4.74 Å². The standard InChI is InChI=1S/C9H8N2O2S/c1-6(12)13-5-7-3-2-4-8-9(7)14-11-10-8/h2-4H,5H2,1H3. The Balaban J connectivity index is 2.32. The van der Waals surface area contributed by atoms with Crippen LogP contribution in [-0.2, 0) is 16.1 Å². The zero-order valence-electron chi connectivity index (χ0n) is 7.56. The molecule has 0 atom stereocenters. The number of carbonyl (C=O) groups is 1. The van der Waals surface area contributed by atoms with Crippen LogP contribution in [0.3, 0.4) is 0 Å². The highest BCUT2D eigenvalue weighted by molar-refractivity contribution is 7.13. The first-order valence-corrected chi connectivity index (χ1v) is 4.88. The maximum absolute atomic E-state index is 10.6. The molecule has 2 rings (SSSR count). The molecule has 0 radical (unpaired) electrons. The second-order valence-electron chi connectivity index (χ2n) is 2.82. The van der Waals surface area contributed by atoms with Crippen LogP contribution >= 0.6 is 11.5 Å². The molecule has 1 aromatic carbocycles. The van der Waals surface area contributed by atoms with Gasteiger partial charge in [0.15, 0.2) is 0 Å². The van der Waals surface area contributed by atoms with E-state index in [0.29, 0.717) is 0 Å². The van der Waals surface area contributed by atoms with Crippen molar-refractivity contribution < 1.29 is 9.53 Å². The van der Waals surface area contributed by atoms with E-state index < -0.39 is 0 Å². The van der Waals surface area contributed by atoms with E-state index in [0.717, 1.165) is 15.8 Å². The summed E-state index contributed by atoms with van der Waals surface area (Å²) in [4.78, 5) is 10.6. The Morgan fingerprint density at radius 2 is 2.43 bits per heavy atom. The van der Waals surface area contributed by atoms with Crippen LogP contribution in [0.15, 0.2) is 18.2 Å². The molecule has 0 unspecified atom stereocenters. The lowest BCUT2D eigenvalue weighted by Gasteiger charge is -2.01. The van der Waals surface area contributed by atoms with Crippen LogP contribution in [-0.4, -0.2) is 15.6 Å². The second kappa shape index (κ2) is 3.71. The summed E-state index contributed by atoms with van der Waals surface area (Å²) in [7, 11) is 0. The molecule has 0 saturated carbocycles. The number of aromatic nitrogens is 2. The predicted molar refractivity (Wildman–Crippen MR) is 52.9 cm³/mol. The van der Waals surface area contributed by atoms with Crippen molar-refractivity contribution in [3.8, 4) is 0 Å². The largest absolute Gasteiger partial charge is 0.461 e. The number of rotatable bonds is 2. The summed E-state index contributed by atoms with van der Waals surface area (Å²) in [6.45, 7) is 1.68. The Morgan fingerprint density at radius 1 is 1.57 bits per heavy atom. The molecule has 0 aliphatic carbocycles. The maximum Gasteiger partial charge on any atom is 0.302 e. The van der Waals surface area contributed by atoms with Crippen molar-refractivity contribution in [1.29, 1.82) is 0 Å². The molecule has 0 spiro atoms. The molecule has 0 N–H and O–H groups in total. The van der Waals surface area contributed by atoms with Gasteiger partial charge in [-0.2, -0.15) is 0 Å². The van der Waals surface area contributed by atoms with Crippen molar-refractivity contribution in [2.75, 3.05) is 0 Å². The molecule has 0 bridgehead atoms. The number of nitrogens with zero attached hydrogens (tertiary/aromatic N) is 2. The van der Waals surface area contributed by atoms with Gasteiger partial charge in [-0.3, -0.25) is 4.79 Å². The molecular weight excluding hydrogens is 200 g/mol. The van der Waals surface area contributed by atoms with Crippen LogP contribution in [0.1, 0.15) is 12.5 Å². The third kappa shape index (κ3) is 1.72. The van der Waals surface area contributed by atoms with Crippen LogP contribution in [0, 0.1) is 0 Å². The maximum atomic E-state index is 10.6. The average Bonchev–Trinajstić information content (AvgIpc) is 2.62. The summed E-state index contributed by atoms with van der Waals surface area (Å²) in [5.74, 6) is -0.278. The van der Waals surface area contributed by atoms with E-state index in [9.17, 15) is 4.79 Å². The lowest BCUT2D eigenvalue weighted by Crippen LogP contribution is -1.98. The van der Waals surface area contributed by atoms with E-state index in [1.165, 1.54) is 18.5 Å². The van der Waals surface area contributed by atoms with Crippen LogP contribution in [0.4, 0.5) is 0 Å². The van der Waals surface area contributed by atoms with Crippen LogP contribution in [0.5, 0.6) is 0 Å². The van der Waals surface area contributed by atoms with Gasteiger partial charge in [0.2, 0.25) is 0 Å². The van der Waals surface area contributed by atoms with Crippen molar-refractivity contribution in [2.45, 2.75) is 13.5 Å². The Hall–Kier alpha value is -1.49. The Kier molecular flexibility index (Phi) is 2.41. The number of ether oxygens (including phenoxy) is 1. The highest BCUT2D eigenvalue weighted by atomic mass is 32.1. The first-order chi connectivity index (χ1) is 6.77. The van der Waals surface area contributed by atoms with Gasteiger partial charge in [0.1, 0.15) is 12.1 Å². The van der Waals surface area contributed by atoms with Gasteiger partial charge in [-0.05, 0) is 17.6 Å². The van der Waals surface area contributed by atoms with Gasteiger partial charge in [0.25, 0.3) is 0 Å². The second-order valence-corrected chi connectivity index (χ2v) is 3.57. The fraction of sp³-hybridized carbons (Fsp3) is 0.222. The number of hydrogen-bond donors (Lipinski definition) is 0. The summed E-state index contributed by atoms with van der Waals surface area (Å²) >= 11 is 1.31. The van der Waals surface area contributed by atoms with E-state index in [2.05, 4.69) is 9.59 Å². The number of benzene rings is 1. The molecule has 0 amide bonds. The van der Waals surface area contributed by atoms with E-state index in [1.54, 1.807) is 0 Å². The number of fused-ring (bicyclic) bond motifs is 1. The van der Waals surface area contributed by atoms with Gasteiger partial charge in [-0.15, -0.1) is 5.10 Å². The van der Waals surface area contributed by atoms with Crippen molar-refractivity contribution in [3.05, 3.63) is 23.8 Å². The first kappa shape index (κ1) is 9.08. The van der Waals surface area contributed by atoms with Gasteiger partial charge in [-0.25, -0.2) is 0 Å². The molecule has 2 aromatic rings. The molecule has 4 nitrogen and oxygen atoms in total. The quantitative estimate of drug-likeness (QED) is 0.705. The molecule has 1 aromatic heterocycles. The van der Waals surface area contributed by atoms with Gasteiger partial charge in [0.05, 0.1) is 4.70 Å². The zero-order valence-corrected chi connectivity index (χ0v) is 8.37. The molecule has 72 valence electrons. The molecule has 14 heavy (non-hydrogen) atoms. The highest BCUT2D eigenvalue weighted by Gasteiger charge is 2.05. The van der Waals surface area contributed by atoms with Crippen LogP contribution in [0.25, 0.3) is 10.2 Å². The minimum atomic E-state index is -0.278. The molecule has 0 aliphatic heterocycles. The Labute approximate surface area is 84.7 Å². The van der Waals surface area contributed by atoms with Crippen molar-refractivity contribution in [1.82, 2.24) is 9.59 Å². The molecule has 0 aliphatic rings. The smallest absolute Gasteiger partial charge is 0.302 e. The SMILES string of the molecule is CC(=O)OCc1cccc2nnsc12. The molecule has 0 saturated heterocycles. The van der Waals surface area contributed by atoms with E-state index >= 15 is 0 Å². The van der Waals surface area contributed by atoms with Crippen molar-refractivity contribution >= 4 is 27.7 Å². The minimum Gasteiger partial charge on any atom is -0.461 e. The predicted octanol–water partition coefficient (Wildman–Crippen LogP) is 1.75. The van der Waals surface area contributed by atoms with Crippen LogP contribution in [0.2, 0.25) is 0 Å². The topological polar surface area (TPSA) is 52.1 Å². The number of hydrogen-bond acceptors (Lipinski definition) is 5. The first-order valence-electron chi connectivity index (χ1n) is 4.10. The molecule has 0 fully saturated rings. The van der Waals surface area contributed by atoms with Crippen molar-refractivity contribution in [2.24, 2.45) is 0 Å². The zero-order chi connectivity index (χ0) is 9.97. The van der Waals surface area contributed by atoms with E-state index in [-0.39, 0.29) is 12.6 Å². The Bertz CT molecular complexity index is 467. The van der Waals surface area contributed by atoms with E-state index in [1.807, 2.05) is 18.2 Å². The summed E-state index contributed by atoms with van der Waals surface area (Å²) in [6, 6.07) is 5.67.